The summed E-state index contributed by atoms with van der Waals surface area (Å²) < 4.78 is 5.95. The lowest BCUT2D eigenvalue weighted by atomic mass is 10.1. The molecule has 0 bridgehead atoms. The van der Waals surface area contributed by atoms with Gasteiger partial charge in [0.05, 0.1) is 17.5 Å². The topological polar surface area (TPSA) is 83.8 Å². The van der Waals surface area contributed by atoms with Crippen molar-refractivity contribution in [3.63, 3.8) is 0 Å². The number of oxazole rings is 1. The summed E-state index contributed by atoms with van der Waals surface area (Å²) in [4.78, 5) is 18.3. The minimum Gasteiger partial charge on any atom is -0.436 e. The van der Waals surface area contributed by atoms with E-state index >= 15 is 0 Å². The number of benzene rings is 2. The molecule has 0 saturated carbocycles. The number of nitrogens with one attached hydrogen (secondary N) is 2. The molecule has 0 atom stereocenters. The molecule has 0 unspecified atom stereocenters. The fourth-order valence-corrected chi connectivity index (χ4v) is 4.56. The summed E-state index contributed by atoms with van der Waals surface area (Å²) in [6.07, 6.45) is 5.17. The molecule has 0 radical (unpaired) electrons. The lowest BCUT2D eigenvalue weighted by Crippen LogP contribution is -2.11. The first-order chi connectivity index (χ1) is 16.2. The third-order valence-corrected chi connectivity index (χ3v) is 6.46. The number of carbonyl (C=O) groups is 1. The molecule has 3 aromatic heterocycles. The smallest absolute Gasteiger partial charge is 0.231 e. The number of aromatic amines is 1. The van der Waals surface area contributed by atoms with Gasteiger partial charge in [-0.2, -0.15) is 5.10 Å². The van der Waals surface area contributed by atoms with E-state index in [-0.39, 0.29) is 5.91 Å². The van der Waals surface area contributed by atoms with Crippen LogP contribution < -0.4 is 5.32 Å². The zero-order valence-electron chi connectivity index (χ0n) is 18.3. The zero-order chi connectivity index (χ0) is 22.6. The van der Waals surface area contributed by atoms with Gasteiger partial charge in [-0.25, -0.2) is 4.98 Å². The van der Waals surface area contributed by atoms with Gasteiger partial charge in [0.2, 0.25) is 11.8 Å². The van der Waals surface area contributed by atoms with Gasteiger partial charge in [0.25, 0.3) is 0 Å². The highest BCUT2D eigenvalue weighted by atomic mass is 32.1. The lowest BCUT2D eigenvalue weighted by Gasteiger charge is -2.07. The van der Waals surface area contributed by atoms with Crippen LogP contribution in [0.1, 0.15) is 29.7 Å². The molecule has 0 fully saturated rings. The van der Waals surface area contributed by atoms with E-state index in [0.29, 0.717) is 12.3 Å². The first-order valence-electron chi connectivity index (χ1n) is 11.0. The predicted molar refractivity (Wildman–Crippen MR) is 132 cm³/mol. The Morgan fingerprint density at radius 3 is 2.82 bits per heavy atom. The Hall–Kier alpha value is -3.71. The molecule has 0 aliphatic rings. The van der Waals surface area contributed by atoms with Gasteiger partial charge in [-0.15, -0.1) is 11.3 Å². The Labute approximate surface area is 195 Å². The second-order valence-electron chi connectivity index (χ2n) is 8.06. The van der Waals surface area contributed by atoms with Crippen LogP contribution in [0.2, 0.25) is 0 Å². The van der Waals surface area contributed by atoms with Gasteiger partial charge in [-0.1, -0.05) is 24.3 Å². The normalized spacial score (nSPS) is 11.2. The van der Waals surface area contributed by atoms with Crippen molar-refractivity contribution in [1.29, 1.82) is 0 Å². The highest BCUT2D eigenvalue weighted by molar-refractivity contribution is 7.09. The Kier molecular flexibility index (Phi) is 6.04. The molecule has 3 heterocycles. The molecule has 1 amide bonds. The molecule has 2 aromatic carbocycles. The molecule has 5 aromatic rings. The summed E-state index contributed by atoms with van der Waals surface area (Å²) in [6.45, 7) is 2.03. The molecular formula is C26H24N4O2S. The molecule has 5 rings (SSSR count). The molecular weight excluding hydrogens is 432 g/mol. The van der Waals surface area contributed by atoms with Gasteiger partial charge >= 0.3 is 0 Å². The summed E-state index contributed by atoms with van der Waals surface area (Å²) in [7, 11) is 0. The van der Waals surface area contributed by atoms with Gasteiger partial charge in [0.15, 0.2) is 5.58 Å². The number of hydrogen-bond donors (Lipinski definition) is 2. The van der Waals surface area contributed by atoms with Crippen molar-refractivity contribution < 1.29 is 9.21 Å². The highest BCUT2D eigenvalue weighted by Gasteiger charge is 2.16. The van der Waals surface area contributed by atoms with Crippen LogP contribution in [0.15, 0.2) is 70.6 Å². The van der Waals surface area contributed by atoms with Crippen molar-refractivity contribution >= 4 is 34.0 Å². The number of thiophene rings is 1. The summed E-state index contributed by atoms with van der Waals surface area (Å²) in [6, 6.07) is 17.9. The summed E-state index contributed by atoms with van der Waals surface area (Å²) in [5.74, 6) is 0.567. The molecule has 0 aliphatic heterocycles. The maximum absolute atomic E-state index is 12.3. The minimum atomic E-state index is 0.0397. The number of aryl methyl sites for hydroxylation is 2. The second-order valence-corrected chi connectivity index (χ2v) is 9.09. The average molecular weight is 457 g/mol. The van der Waals surface area contributed by atoms with Crippen LogP contribution in [0.25, 0.3) is 33.8 Å². The number of H-pyrrole nitrogens is 1. The molecule has 2 N–H and O–H groups in total. The molecule has 6 nitrogen and oxygen atoms in total. The Balaban J connectivity index is 1.22. The van der Waals surface area contributed by atoms with Crippen LogP contribution in [-0.2, 0) is 11.2 Å². The van der Waals surface area contributed by atoms with Gasteiger partial charge in [-0.3, -0.25) is 9.89 Å². The van der Waals surface area contributed by atoms with Crippen LogP contribution in [0, 0.1) is 6.92 Å². The molecule has 0 saturated heterocycles. The van der Waals surface area contributed by atoms with Gasteiger partial charge < -0.3 is 9.73 Å². The van der Waals surface area contributed by atoms with E-state index in [1.54, 1.807) is 17.5 Å². The number of amides is 1. The predicted octanol–water partition coefficient (Wildman–Crippen LogP) is 6.61. The van der Waals surface area contributed by atoms with Crippen LogP contribution >= 0.6 is 11.3 Å². The molecule has 0 spiro atoms. The summed E-state index contributed by atoms with van der Waals surface area (Å²) in [5.41, 5.74) is 6.04. The lowest BCUT2D eigenvalue weighted by molar-refractivity contribution is -0.116. The van der Waals surface area contributed by atoms with Crippen LogP contribution in [0.5, 0.6) is 0 Å². The van der Waals surface area contributed by atoms with E-state index < -0.39 is 0 Å². The first-order valence-corrected chi connectivity index (χ1v) is 11.9. The number of rotatable bonds is 8. The number of anilines is 1. The number of aromatic nitrogens is 3. The van der Waals surface area contributed by atoms with E-state index in [4.69, 9.17) is 4.42 Å². The number of hydrogen-bond acceptors (Lipinski definition) is 5. The fourth-order valence-electron chi connectivity index (χ4n) is 3.80. The van der Waals surface area contributed by atoms with E-state index in [9.17, 15) is 4.79 Å². The third-order valence-electron chi connectivity index (χ3n) is 5.53. The Morgan fingerprint density at radius 1 is 1.12 bits per heavy atom. The van der Waals surface area contributed by atoms with E-state index in [2.05, 4.69) is 38.0 Å². The molecule has 166 valence electrons. The van der Waals surface area contributed by atoms with Gasteiger partial charge in [-0.05, 0) is 67.5 Å². The van der Waals surface area contributed by atoms with Crippen LogP contribution in [0.4, 0.5) is 5.69 Å². The standard InChI is InChI=1S/C26H24N4O2S/c1-17-8-13-23-22(15-17)29-26(32-23)21-16-27-30-25(21)18-9-11-19(12-10-18)28-24(31)7-3-2-5-20-6-4-14-33-20/h4,6,8-16H,2-3,5,7H2,1H3,(H,27,30)(H,28,31). The van der Waals surface area contributed by atoms with Crippen molar-refractivity contribution in [3.8, 4) is 22.7 Å². The van der Waals surface area contributed by atoms with Gasteiger partial charge in [0.1, 0.15) is 5.52 Å². The van der Waals surface area contributed by atoms with E-state index in [1.165, 1.54) is 4.88 Å². The summed E-state index contributed by atoms with van der Waals surface area (Å²) >= 11 is 1.77. The molecule has 7 heteroatoms. The Morgan fingerprint density at radius 2 is 2.00 bits per heavy atom. The van der Waals surface area contributed by atoms with Crippen molar-refractivity contribution in [2.75, 3.05) is 5.32 Å². The Bertz CT molecular complexity index is 1370. The maximum Gasteiger partial charge on any atom is 0.231 e. The van der Waals surface area contributed by atoms with Gasteiger partial charge in [0, 0.05) is 22.5 Å². The van der Waals surface area contributed by atoms with Crippen molar-refractivity contribution in [2.24, 2.45) is 0 Å². The molecule has 0 aliphatic carbocycles. The van der Waals surface area contributed by atoms with Crippen molar-refractivity contribution in [1.82, 2.24) is 15.2 Å². The fraction of sp³-hybridized carbons (Fsp3) is 0.192. The second kappa shape index (κ2) is 9.42. The minimum absolute atomic E-state index is 0.0397. The average Bonchev–Trinajstić information content (AvgIpc) is 3.57. The number of fused-ring (bicyclic) bond motifs is 1. The quantitative estimate of drug-likeness (QED) is 0.257. The zero-order valence-corrected chi connectivity index (χ0v) is 19.1. The number of unbranched alkanes of at least 4 members (excludes halogenated alkanes) is 1. The monoisotopic (exact) mass is 456 g/mol. The van der Waals surface area contributed by atoms with Crippen molar-refractivity contribution in [3.05, 3.63) is 76.6 Å². The van der Waals surface area contributed by atoms with E-state index in [1.807, 2.05) is 49.4 Å². The SMILES string of the molecule is Cc1ccc2oc(-c3cn[nH]c3-c3ccc(NC(=O)CCCCc4cccs4)cc3)nc2c1. The molecule has 33 heavy (non-hydrogen) atoms. The van der Waals surface area contributed by atoms with Crippen molar-refractivity contribution in [2.45, 2.75) is 32.6 Å². The first kappa shape index (κ1) is 21.2. The number of nitrogens with zero attached hydrogens (tertiary/aromatic N) is 2. The summed E-state index contributed by atoms with van der Waals surface area (Å²) in [5, 5.41) is 12.3. The highest BCUT2D eigenvalue weighted by Crippen LogP contribution is 2.32. The maximum atomic E-state index is 12.3. The van der Waals surface area contributed by atoms with Crippen LogP contribution in [0.3, 0.4) is 0 Å². The number of carbonyl (C=O) groups excluding carboxylic acids is 1. The van der Waals surface area contributed by atoms with E-state index in [0.717, 1.165) is 58.4 Å². The largest absolute Gasteiger partial charge is 0.436 e. The van der Waals surface area contributed by atoms with Crippen LogP contribution in [-0.4, -0.2) is 21.1 Å². The third kappa shape index (κ3) is 4.88.